The van der Waals surface area contributed by atoms with Crippen LogP contribution in [0.25, 0.3) is 0 Å². The average molecular weight is 333 g/mol. The van der Waals surface area contributed by atoms with Crippen molar-refractivity contribution in [3.63, 3.8) is 0 Å². The van der Waals surface area contributed by atoms with Crippen LogP contribution in [0.3, 0.4) is 0 Å². The average Bonchev–Trinajstić information content (AvgIpc) is 2.43. The fourth-order valence-corrected chi connectivity index (χ4v) is 2.97. The molecule has 2 rings (SSSR count). The van der Waals surface area contributed by atoms with Gasteiger partial charge in [0.25, 0.3) is 0 Å². The molecule has 0 aromatic heterocycles. The summed E-state index contributed by atoms with van der Waals surface area (Å²) in [6.45, 7) is 7.22. The number of anilines is 2. The van der Waals surface area contributed by atoms with E-state index in [1.165, 1.54) is 16.9 Å². The molecule has 2 aromatic rings. The van der Waals surface area contributed by atoms with Crippen LogP contribution in [0.1, 0.15) is 31.0 Å². The van der Waals surface area contributed by atoms with Crippen LogP contribution in [0, 0.1) is 6.92 Å². The predicted molar refractivity (Wildman–Crippen MR) is 90.6 cm³/mol. The van der Waals surface area contributed by atoms with Gasteiger partial charge in [-0.05, 0) is 66.0 Å². The smallest absolute Gasteiger partial charge is 0.0555 e. The summed E-state index contributed by atoms with van der Waals surface area (Å²) in [5.74, 6) is 0. The first-order valence-electron chi connectivity index (χ1n) is 6.92. The van der Waals surface area contributed by atoms with Crippen molar-refractivity contribution in [2.75, 3.05) is 11.4 Å². The molecule has 0 saturated carbocycles. The molecule has 0 fully saturated rings. The summed E-state index contributed by atoms with van der Waals surface area (Å²) in [4.78, 5) is 2.31. The Morgan fingerprint density at radius 3 is 2.40 bits per heavy atom. The van der Waals surface area contributed by atoms with Crippen molar-refractivity contribution in [3.05, 3.63) is 58.1 Å². The van der Waals surface area contributed by atoms with E-state index in [0.29, 0.717) is 0 Å². The number of hydrogen-bond donors (Lipinski definition) is 1. The maximum atomic E-state index is 5.94. The molecule has 0 amide bonds. The minimum Gasteiger partial charge on any atom is -0.341 e. The maximum Gasteiger partial charge on any atom is 0.0555 e. The van der Waals surface area contributed by atoms with Gasteiger partial charge in [-0.2, -0.15) is 0 Å². The lowest BCUT2D eigenvalue weighted by Crippen LogP contribution is -2.18. The molecule has 1 atom stereocenters. The van der Waals surface area contributed by atoms with Crippen LogP contribution in [0.5, 0.6) is 0 Å². The van der Waals surface area contributed by atoms with Crippen LogP contribution in [0.15, 0.2) is 46.9 Å². The summed E-state index contributed by atoms with van der Waals surface area (Å²) in [6, 6.07) is 14.8. The summed E-state index contributed by atoms with van der Waals surface area (Å²) in [5, 5.41) is 0. The topological polar surface area (TPSA) is 29.3 Å². The van der Waals surface area contributed by atoms with Crippen molar-refractivity contribution >= 4 is 27.3 Å². The maximum absolute atomic E-state index is 5.94. The van der Waals surface area contributed by atoms with Crippen molar-refractivity contribution in [1.82, 2.24) is 0 Å². The highest BCUT2D eigenvalue weighted by Gasteiger charge is 2.13. The molecular formula is C17H21BrN2. The second-order valence-corrected chi connectivity index (χ2v) is 5.88. The highest BCUT2D eigenvalue weighted by molar-refractivity contribution is 9.10. The molecule has 0 bridgehead atoms. The van der Waals surface area contributed by atoms with Gasteiger partial charge in [0.1, 0.15) is 0 Å². The first-order chi connectivity index (χ1) is 9.54. The fraction of sp³-hybridized carbons (Fsp3) is 0.294. The molecule has 0 spiro atoms. The minimum atomic E-state index is 0.0499. The first-order valence-corrected chi connectivity index (χ1v) is 7.72. The number of nitrogens with two attached hydrogens (primary N) is 1. The normalized spacial score (nSPS) is 12.2. The van der Waals surface area contributed by atoms with Crippen molar-refractivity contribution in [3.8, 4) is 0 Å². The molecule has 0 aliphatic heterocycles. The number of rotatable bonds is 4. The molecule has 2 nitrogen and oxygen atoms in total. The lowest BCUT2D eigenvalue weighted by molar-refractivity contribution is 0.817. The van der Waals surface area contributed by atoms with E-state index in [0.717, 1.165) is 16.6 Å². The van der Waals surface area contributed by atoms with Gasteiger partial charge in [-0.15, -0.1) is 0 Å². The van der Waals surface area contributed by atoms with E-state index < -0.39 is 0 Å². The van der Waals surface area contributed by atoms with E-state index in [1.54, 1.807) is 0 Å². The third kappa shape index (κ3) is 3.05. The largest absolute Gasteiger partial charge is 0.341 e. The van der Waals surface area contributed by atoms with Gasteiger partial charge >= 0.3 is 0 Å². The number of nitrogens with zero attached hydrogens (tertiary/aromatic N) is 1. The van der Waals surface area contributed by atoms with Gasteiger partial charge in [0.15, 0.2) is 0 Å². The van der Waals surface area contributed by atoms with E-state index in [1.807, 2.05) is 6.92 Å². The zero-order valence-electron chi connectivity index (χ0n) is 12.2. The van der Waals surface area contributed by atoms with Crippen LogP contribution >= 0.6 is 15.9 Å². The molecular weight excluding hydrogens is 312 g/mol. The number of para-hydroxylation sites is 1. The van der Waals surface area contributed by atoms with Crippen molar-refractivity contribution in [2.24, 2.45) is 5.73 Å². The molecule has 2 aromatic carbocycles. The number of hydrogen-bond acceptors (Lipinski definition) is 2. The van der Waals surface area contributed by atoms with Crippen LogP contribution in [-0.4, -0.2) is 6.54 Å². The summed E-state index contributed by atoms with van der Waals surface area (Å²) in [7, 11) is 0. The SMILES string of the molecule is CCN(c1ccccc1C)c1ccc([C@H](C)N)cc1Br. The molecule has 106 valence electrons. The summed E-state index contributed by atoms with van der Waals surface area (Å²) in [5.41, 5.74) is 10.8. The van der Waals surface area contributed by atoms with Gasteiger partial charge < -0.3 is 10.6 Å². The van der Waals surface area contributed by atoms with Crippen molar-refractivity contribution in [2.45, 2.75) is 26.8 Å². The second kappa shape index (κ2) is 6.42. The van der Waals surface area contributed by atoms with Gasteiger partial charge in [0.05, 0.1) is 5.69 Å². The van der Waals surface area contributed by atoms with Gasteiger partial charge in [-0.1, -0.05) is 24.3 Å². The van der Waals surface area contributed by atoms with E-state index >= 15 is 0 Å². The van der Waals surface area contributed by atoms with Crippen molar-refractivity contribution < 1.29 is 0 Å². The first kappa shape index (κ1) is 15.1. The molecule has 0 radical (unpaired) electrons. The van der Waals surface area contributed by atoms with Gasteiger partial charge in [-0.25, -0.2) is 0 Å². The Balaban J connectivity index is 2.45. The number of aryl methyl sites for hydroxylation is 1. The quantitative estimate of drug-likeness (QED) is 0.859. The Morgan fingerprint density at radius 1 is 1.15 bits per heavy atom. The standard InChI is InChI=1S/C17H21BrN2/c1-4-20(16-8-6-5-7-12(16)2)17-10-9-14(13(3)19)11-15(17)18/h5-11,13H,4,19H2,1-3H3/t13-/m0/s1. The Labute approximate surface area is 129 Å². The summed E-state index contributed by atoms with van der Waals surface area (Å²) < 4.78 is 1.08. The summed E-state index contributed by atoms with van der Waals surface area (Å²) in [6.07, 6.45) is 0. The Kier molecular flexibility index (Phi) is 4.84. The zero-order chi connectivity index (χ0) is 14.7. The fourth-order valence-electron chi connectivity index (χ4n) is 2.36. The van der Waals surface area contributed by atoms with Gasteiger partial charge in [0.2, 0.25) is 0 Å². The number of halogens is 1. The minimum absolute atomic E-state index is 0.0499. The molecule has 3 heteroatoms. The molecule has 0 heterocycles. The highest BCUT2D eigenvalue weighted by atomic mass is 79.9. The van der Waals surface area contributed by atoms with Gasteiger partial charge in [-0.3, -0.25) is 0 Å². The molecule has 20 heavy (non-hydrogen) atoms. The molecule has 0 aliphatic rings. The van der Waals surface area contributed by atoms with E-state index in [9.17, 15) is 0 Å². The Hall–Kier alpha value is -1.32. The van der Waals surface area contributed by atoms with Crippen molar-refractivity contribution in [1.29, 1.82) is 0 Å². The number of benzene rings is 2. The monoisotopic (exact) mass is 332 g/mol. The Morgan fingerprint density at radius 2 is 1.85 bits per heavy atom. The molecule has 0 unspecified atom stereocenters. The second-order valence-electron chi connectivity index (χ2n) is 5.03. The molecule has 2 N–H and O–H groups in total. The summed E-state index contributed by atoms with van der Waals surface area (Å²) >= 11 is 3.68. The van der Waals surface area contributed by atoms with Crippen LogP contribution < -0.4 is 10.6 Å². The highest BCUT2D eigenvalue weighted by Crippen LogP contribution is 2.34. The van der Waals surface area contributed by atoms with E-state index in [-0.39, 0.29) is 6.04 Å². The van der Waals surface area contributed by atoms with E-state index in [2.05, 4.69) is 77.1 Å². The Bertz CT molecular complexity index is 593. The van der Waals surface area contributed by atoms with Crippen LogP contribution in [0.4, 0.5) is 11.4 Å². The van der Waals surface area contributed by atoms with Crippen LogP contribution in [-0.2, 0) is 0 Å². The third-order valence-corrected chi connectivity index (χ3v) is 4.15. The van der Waals surface area contributed by atoms with E-state index in [4.69, 9.17) is 5.73 Å². The lowest BCUT2D eigenvalue weighted by atomic mass is 10.1. The molecule has 0 aliphatic carbocycles. The lowest BCUT2D eigenvalue weighted by Gasteiger charge is -2.26. The zero-order valence-corrected chi connectivity index (χ0v) is 13.8. The van der Waals surface area contributed by atoms with Crippen LogP contribution in [0.2, 0.25) is 0 Å². The predicted octanol–water partition coefficient (Wildman–Crippen LogP) is 4.94. The third-order valence-electron chi connectivity index (χ3n) is 3.51. The van der Waals surface area contributed by atoms with Gasteiger partial charge in [0, 0.05) is 22.7 Å². The molecule has 0 saturated heterocycles.